The van der Waals surface area contributed by atoms with Crippen LogP contribution in [0, 0.1) is 10.1 Å². The fraction of sp³-hybridized carbons (Fsp3) is 0.444. The van der Waals surface area contributed by atoms with Crippen LogP contribution in [-0.4, -0.2) is 69.0 Å². The number of aliphatic hydroxyl groups is 1. The average Bonchev–Trinajstić information content (AvgIpc) is 3.06. The monoisotopic (exact) mass is 457 g/mol. The Bertz CT molecular complexity index is 927. The smallest absolute Gasteiger partial charge is 0.409 e. The summed E-state index contributed by atoms with van der Waals surface area (Å²) in [6.45, 7) is 3.20. The predicted molar refractivity (Wildman–Crippen MR) is 111 cm³/mol. The number of carbonyl (C=O) groups is 1. The van der Waals surface area contributed by atoms with Crippen molar-refractivity contribution >= 4 is 40.8 Å². The van der Waals surface area contributed by atoms with Crippen molar-refractivity contribution in [2.75, 3.05) is 37.7 Å². The summed E-state index contributed by atoms with van der Waals surface area (Å²) in [6.07, 6.45) is 0.581. The number of imidazole rings is 1. The number of rotatable bonds is 6. The Balaban J connectivity index is 1.50. The number of ether oxygens (including phenoxy) is 1. The number of amides is 1. The van der Waals surface area contributed by atoms with Crippen molar-refractivity contribution in [3.63, 3.8) is 0 Å². The minimum absolute atomic E-state index is 0.123. The highest BCUT2D eigenvalue weighted by Crippen LogP contribution is 2.22. The van der Waals surface area contributed by atoms with Crippen molar-refractivity contribution in [3.8, 4) is 0 Å². The van der Waals surface area contributed by atoms with Crippen LogP contribution in [0.2, 0.25) is 10.3 Å². The second kappa shape index (κ2) is 9.07. The van der Waals surface area contributed by atoms with E-state index < -0.39 is 22.4 Å². The minimum Gasteiger partial charge on any atom is -0.446 e. The molecule has 0 bridgehead atoms. The quantitative estimate of drug-likeness (QED) is 0.523. The number of nitro groups is 1. The number of hydrogen-bond donors (Lipinski definition) is 1. The molecular weight excluding hydrogens is 437 g/mol. The van der Waals surface area contributed by atoms with E-state index in [1.165, 1.54) is 11.5 Å². The van der Waals surface area contributed by atoms with Gasteiger partial charge in [0.25, 0.3) is 0 Å². The van der Waals surface area contributed by atoms with Gasteiger partial charge in [0.2, 0.25) is 0 Å². The van der Waals surface area contributed by atoms with Gasteiger partial charge in [-0.05, 0) is 46.6 Å². The molecule has 2 heterocycles. The molecule has 0 radical (unpaired) electrons. The van der Waals surface area contributed by atoms with E-state index in [1.54, 1.807) is 11.0 Å². The van der Waals surface area contributed by atoms with Crippen molar-refractivity contribution in [3.05, 3.63) is 50.9 Å². The Kier molecular flexibility index (Phi) is 6.69. The number of carbonyl (C=O) groups excluding carboxylic acids is 1. The van der Waals surface area contributed by atoms with Crippen LogP contribution in [-0.2, 0) is 11.3 Å². The molecule has 3 rings (SSSR count). The molecule has 0 saturated carbocycles. The lowest BCUT2D eigenvalue weighted by atomic mass is 10.1. The van der Waals surface area contributed by atoms with Crippen molar-refractivity contribution in [1.29, 1.82) is 0 Å². The molecule has 1 aliphatic heterocycles. The third-order valence-corrected chi connectivity index (χ3v) is 5.17. The van der Waals surface area contributed by atoms with Crippen LogP contribution in [0.5, 0.6) is 0 Å². The van der Waals surface area contributed by atoms with E-state index >= 15 is 0 Å². The Morgan fingerprint density at radius 2 is 2.03 bits per heavy atom. The molecule has 12 heteroatoms. The van der Waals surface area contributed by atoms with Gasteiger partial charge < -0.3 is 29.8 Å². The van der Waals surface area contributed by atoms with Crippen LogP contribution in [0.3, 0.4) is 0 Å². The van der Waals surface area contributed by atoms with Gasteiger partial charge in [0, 0.05) is 36.9 Å². The molecule has 0 unspecified atom stereocenters. The number of piperazine rings is 1. The molecule has 1 saturated heterocycles. The second-order valence-electron chi connectivity index (χ2n) is 7.26. The van der Waals surface area contributed by atoms with Crippen molar-refractivity contribution in [1.82, 2.24) is 14.5 Å². The highest BCUT2D eigenvalue weighted by Gasteiger charge is 2.29. The fourth-order valence-electron chi connectivity index (χ4n) is 3.12. The molecule has 162 valence electrons. The van der Waals surface area contributed by atoms with Gasteiger partial charge in [0.05, 0.1) is 6.54 Å². The van der Waals surface area contributed by atoms with Crippen molar-refractivity contribution in [2.45, 2.75) is 19.1 Å². The zero-order valence-electron chi connectivity index (χ0n) is 16.2. The molecule has 1 aromatic heterocycles. The Morgan fingerprint density at radius 1 is 1.33 bits per heavy atom. The van der Waals surface area contributed by atoms with Crippen LogP contribution in [0.4, 0.5) is 16.3 Å². The molecule has 1 amide bonds. The minimum atomic E-state index is -1.49. The third kappa shape index (κ3) is 5.53. The van der Waals surface area contributed by atoms with Gasteiger partial charge in [-0.2, -0.15) is 0 Å². The maximum Gasteiger partial charge on any atom is 0.409 e. The Labute approximate surface area is 182 Å². The molecule has 1 N–H and O–H groups in total. The molecule has 1 aromatic carbocycles. The molecule has 1 fully saturated rings. The largest absolute Gasteiger partial charge is 0.446 e. The number of anilines is 1. The topological polar surface area (TPSA) is 114 Å². The maximum atomic E-state index is 12.4. The number of aromatic nitrogens is 2. The number of hydrogen-bond acceptors (Lipinski definition) is 7. The lowest BCUT2D eigenvalue weighted by molar-refractivity contribution is -0.389. The van der Waals surface area contributed by atoms with Crippen LogP contribution >= 0.6 is 23.2 Å². The van der Waals surface area contributed by atoms with Crippen LogP contribution in [0.1, 0.15) is 6.92 Å². The van der Waals surface area contributed by atoms with E-state index in [-0.39, 0.29) is 18.4 Å². The van der Waals surface area contributed by atoms with Crippen molar-refractivity contribution in [2.24, 2.45) is 0 Å². The molecule has 0 aliphatic carbocycles. The predicted octanol–water partition coefficient (Wildman–Crippen LogP) is 2.81. The van der Waals surface area contributed by atoms with E-state index in [9.17, 15) is 20.0 Å². The van der Waals surface area contributed by atoms with Gasteiger partial charge >= 0.3 is 17.2 Å². The molecular formula is C18H21Cl2N5O5. The molecule has 10 nitrogen and oxygen atoms in total. The molecule has 1 aliphatic rings. The van der Waals surface area contributed by atoms with E-state index in [4.69, 9.17) is 27.9 Å². The Morgan fingerprint density at radius 3 is 2.63 bits per heavy atom. The van der Waals surface area contributed by atoms with Gasteiger partial charge in [-0.3, -0.25) is 4.57 Å². The summed E-state index contributed by atoms with van der Waals surface area (Å²) in [5, 5.41) is 21.8. The normalized spacial score (nSPS) is 16.3. The lowest BCUT2D eigenvalue weighted by Crippen LogP contribution is -2.50. The zero-order valence-corrected chi connectivity index (χ0v) is 17.7. The second-order valence-corrected chi connectivity index (χ2v) is 8.03. The molecule has 0 spiro atoms. The first-order valence-corrected chi connectivity index (χ1v) is 9.92. The number of benzene rings is 1. The van der Waals surface area contributed by atoms with Gasteiger partial charge in [0.15, 0.2) is 0 Å². The van der Waals surface area contributed by atoms with E-state index in [1.807, 2.05) is 18.2 Å². The summed E-state index contributed by atoms with van der Waals surface area (Å²) in [5.74, 6) is -0.426. The summed E-state index contributed by atoms with van der Waals surface area (Å²) in [5.41, 5.74) is -0.499. The summed E-state index contributed by atoms with van der Waals surface area (Å²) < 4.78 is 6.49. The first-order chi connectivity index (χ1) is 14.1. The standard InChI is InChI=1S/C18H21Cl2N5O5/c1-18(27,11-24-10-15(25(28)29)21-16(24)20)12-30-17(26)23-7-5-22(6-8-23)14-4-2-3-13(19)9-14/h2-4,9-10,27H,5-8,11-12H2,1H3/t18-/m1/s1. The van der Waals surface area contributed by atoms with Gasteiger partial charge in [-0.25, -0.2) is 4.79 Å². The van der Waals surface area contributed by atoms with E-state index in [0.717, 1.165) is 11.9 Å². The van der Waals surface area contributed by atoms with Crippen LogP contribution in [0.15, 0.2) is 30.5 Å². The SMILES string of the molecule is C[C@](O)(COC(=O)N1CCN(c2cccc(Cl)c2)CC1)Cn1cc([N+](=O)[O-])nc1Cl. The number of halogens is 2. The zero-order chi connectivity index (χ0) is 21.9. The molecule has 1 atom stereocenters. The summed E-state index contributed by atoms with van der Waals surface area (Å²) in [7, 11) is 0. The highest BCUT2D eigenvalue weighted by molar-refractivity contribution is 6.30. The van der Waals surface area contributed by atoms with Crippen LogP contribution in [0.25, 0.3) is 0 Å². The van der Waals surface area contributed by atoms with E-state index in [0.29, 0.717) is 31.2 Å². The average molecular weight is 458 g/mol. The van der Waals surface area contributed by atoms with Crippen molar-refractivity contribution < 1.29 is 19.6 Å². The molecule has 2 aromatic rings. The maximum absolute atomic E-state index is 12.4. The fourth-order valence-corrected chi connectivity index (χ4v) is 3.50. The highest BCUT2D eigenvalue weighted by atomic mass is 35.5. The number of nitrogens with zero attached hydrogens (tertiary/aromatic N) is 5. The lowest BCUT2D eigenvalue weighted by Gasteiger charge is -2.36. The molecule has 30 heavy (non-hydrogen) atoms. The Hall–Kier alpha value is -2.56. The summed E-state index contributed by atoms with van der Waals surface area (Å²) in [6, 6.07) is 7.52. The van der Waals surface area contributed by atoms with Crippen LogP contribution < -0.4 is 4.90 Å². The van der Waals surface area contributed by atoms with E-state index in [2.05, 4.69) is 9.88 Å². The van der Waals surface area contributed by atoms with Gasteiger partial charge in [-0.15, -0.1) is 0 Å². The summed E-state index contributed by atoms with van der Waals surface area (Å²) in [4.78, 5) is 29.7. The summed E-state index contributed by atoms with van der Waals surface area (Å²) >= 11 is 11.9. The third-order valence-electron chi connectivity index (χ3n) is 4.63. The first kappa shape index (κ1) is 22.1. The first-order valence-electron chi connectivity index (χ1n) is 9.16. The van der Waals surface area contributed by atoms with Gasteiger partial charge in [-0.1, -0.05) is 17.7 Å². The van der Waals surface area contributed by atoms with Gasteiger partial charge in [0.1, 0.15) is 18.4 Å².